The summed E-state index contributed by atoms with van der Waals surface area (Å²) in [6.45, 7) is 4.77. The van der Waals surface area contributed by atoms with Crippen molar-refractivity contribution in [2.24, 2.45) is 0 Å². The van der Waals surface area contributed by atoms with E-state index < -0.39 is 0 Å². The number of para-hydroxylation sites is 1. The fourth-order valence-electron chi connectivity index (χ4n) is 4.44. The normalized spacial score (nSPS) is 21.0. The molecule has 2 saturated heterocycles. The van der Waals surface area contributed by atoms with Gasteiger partial charge in [0.1, 0.15) is 0 Å². The maximum absolute atomic E-state index is 2.70. The molecule has 2 aromatic carbocycles. The summed E-state index contributed by atoms with van der Waals surface area (Å²) < 4.78 is 0. The average molecular weight is 306 g/mol. The molecular weight excluding hydrogens is 280 g/mol. The lowest BCUT2D eigenvalue weighted by Gasteiger charge is -2.46. The summed E-state index contributed by atoms with van der Waals surface area (Å²) in [5.41, 5.74) is 3.27. The molecule has 2 heteroatoms. The monoisotopic (exact) mass is 306 g/mol. The molecule has 0 amide bonds. The Kier molecular flexibility index (Phi) is 4.09. The van der Waals surface area contributed by atoms with Gasteiger partial charge in [-0.1, -0.05) is 48.5 Å². The number of anilines is 1. The van der Waals surface area contributed by atoms with Gasteiger partial charge in [-0.2, -0.15) is 0 Å². The fourth-order valence-corrected chi connectivity index (χ4v) is 4.44. The summed E-state index contributed by atoms with van der Waals surface area (Å²) in [5.74, 6) is 0. The van der Waals surface area contributed by atoms with E-state index in [0.29, 0.717) is 5.54 Å². The number of hydrogen-bond donors (Lipinski definition) is 0. The highest BCUT2D eigenvalue weighted by Gasteiger charge is 2.42. The molecule has 4 rings (SSSR count). The van der Waals surface area contributed by atoms with E-state index in [9.17, 15) is 0 Å². The molecule has 2 aromatic rings. The molecule has 0 radical (unpaired) electrons. The van der Waals surface area contributed by atoms with Crippen LogP contribution < -0.4 is 4.90 Å². The Morgan fingerprint density at radius 1 is 0.739 bits per heavy atom. The first-order valence-corrected chi connectivity index (χ1v) is 8.95. The van der Waals surface area contributed by atoms with Crippen LogP contribution in [-0.4, -0.2) is 30.1 Å². The van der Waals surface area contributed by atoms with Crippen molar-refractivity contribution in [2.75, 3.05) is 24.5 Å². The van der Waals surface area contributed by atoms with Crippen LogP contribution >= 0.6 is 0 Å². The number of likely N-dealkylation sites (tertiary alicyclic amines) is 1. The van der Waals surface area contributed by atoms with Crippen LogP contribution in [0, 0.1) is 0 Å². The fraction of sp³-hybridized carbons (Fsp3) is 0.429. The van der Waals surface area contributed by atoms with E-state index in [0.717, 1.165) is 6.54 Å². The quantitative estimate of drug-likeness (QED) is 0.833. The van der Waals surface area contributed by atoms with E-state index in [1.807, 2.05) is 0 Å². The summed E-state index contributed by atoms with van der Waals surface area (Å²) in [5, 5.41) is 0. The molecule has 120 valence electrons. The van der Waals surface area contributed by atoms with Gasteiger partial charge in [-0.3, -0.25) is 4.90 Å². The number of rotatable bonds is 3. The summed E-state index contributed by atoms with van der Waals surface area (Å²) in [4.78, 5) is 5.33. The standard InChI is InChI=1S/C21H26N2/c1-3-8-19(9-4-1)18-22-16-13-21(14-17-22)12-7-15-23(21)20-10-5-2-6-11-20/h1-6,8-11H,7,12-18H2. The molecule has 0 N–H and O–H groups in total. The SMILES string of the molecule is c1ccc(CN2CCC3(CCCN3c3ccccc3)CC2)cc1. The second kappa shape index (κ2) is 6.37. The minimum atomic E-state index is 0.411. The van der Waals surface area contributed by atoms with E-state index >= 15 is 0 Å². The van der Waals surface area contributed by atoms with Crippen molar-refractivity contribution in [2.45, 2.75) is 37.8 Å². The maximum atomic E-state index is 2.70. The Balaban J connectivity index is 1.43. The molecule has 2 aliphatic heterocycles. The van der Waals surface area contributed by atoms with Crippen molar-refractivity contribution in [1.82, 2.24) is 4.90 Å². The van der Waals surface area contributed by atoms with Crippen LogP contribution in [0.3, 0.4) is 0 Å². The largest absolute Gasteiger partial charge is 0.366 e. The first-order chi connectivity index (χ1) is 11.4. The zero-order valence-corrected chi connectivity index (χ0v) is 13.8. The Hall–Kier alpha value is -1.80. The minimum absolute atomic E-state index is 0.411. The molecule has 0 bridgehead atoms. The van der Waals surface area contributed by atoms with Crippen molar-refractivity contribution < 1.29 is 0 Å². The summed E-state index contributed by atoms with van der Waals surface area (Å²) in [6.07, 6.45) is 5.30. The van der Waals surface area contributed by atoms with Gasteiger partial charge < -0.3 is 4.90 Å². The average Bonchev–Trinajstić information content (AvgIpc) is 3.02. The van der Waals surface area contributed by atoms with Gasteiger partial charge in [-0.25, -0.2) is 0 Å². The number of benzene rings is 2. The van der Waals surface area contributed by atoms with Gasteiger partial charge in [-0.05, 0) is 43.4 Å². The summed E-state index contributed by atoms with van der Waals surface area (Å²) >= 11 is 0. The van der Waals surface area contributed by atoms with Crippen LogP contribution in [0.5, 0.6) is 0 Å². The lowest BCUT2D eigenvalue weighted by molar-refractivity contribution is 0.156. The molecule has 0 aromatic heterocycles. The topological polar surface area (TPSA) is 6.48 Å². The zero-order chi connectivity index (χ0) is 15.5. The molecule has 2 fully saturated rings. The van der Waals surface area contributed by atoms with E-state index in [4.69, 9.17) is 0 Å². The van der Waals surface area contributed by atoms with E-state index in [-0.39, 0.29) is 0 Å². The van der Waals surface area contributed by atoms with Crippen molar-refractivity contribution in [1.29, 1.82) is 0 Å². The van der Waals surface area contributed by atoms with E-state index in [1.165, 1.54) is 56.6 Å². The van der Waals surface area contributed by atoms with Crippen LogP contribution in [0.1, 0.15) is 31.2 Å². The molecule has 0 unspecified atom stereocenters. The van der Waals surface area contributed by atoms with Gasteiger partial charge in [0.25, 0.3) is 0 Å². The Morgan fingerprint density at radius 3 is 2.09 bits per heavy atom. The van der Waals surface area contributed by atoms with Gasteiger partial charge >= 0.3 is 0 Å². The number of nitrogens with zero attached hydrogens (tertiary/aromatic N) is 2. The molecule has 23 heavy (non-hydrogen) atoms. The third kappa shape index (κ3) is 3.00. The molecule has 0 atom stereocenters. The molecular formula is C21H26N2. The molecule has 0 saturated carbocycles. The summed E-state index contributed by atoms with van der Waals surface area (Å²) in [7, 11) is 0. The zero-order valence-electron chi connectivity index (χ0n) is 13.8. The van der Waals surface area contributed by atoms with Gasteiger partial charge in [0.15, 0.2) is 0 Å². The van der Waals surface area contributed by atoms with Gasteiger partial charge in [0, 0.05) is 37.4 Å². The van der Waals surface area contributed by atoms with Crippen LogP contribution in [0.2, 0.25) is 0 Å². The van der Waals surface area contributed by atoms with E-state index in [1.54, 1.807) is 0 Å². The lowest BCUT2D eigenvalue weighted by Crippen LogP contribution is -2.52. The first-order valence-electron chi connectivity index (χ1n) is 8.95. The predicted octanol–water partition coefficient (Wildman–Crippen LogP) is 4.32. The van der Waals surface area contributed by atoms with Gasteiger partial charge in [0.05, 0.1) is 0 Å². The first kappa shape index (κ1) is 14.8. The van der Waals surface area contributed by atoms with Crippen molar-refractivity contribution >= 4 is 5.69 Å². The van der Waals surface area contributed by atoms with Crippen LogP contribution in [-0.2, 0) is 6.54 Å². The highest BCUT2D eigenvalue weighted by atomic mass is 15.3. The van der Waals surface area contributed by atoms with Crippen LogP contribution in [0.25, 0.3) is 0 Å². The van der Waals surface area contributed by atoms with E-state index in [2.05, 4.69) is 70.5 Å². The molecule has 2 heterocycles. The smallest absolute Gasteiger partial charge is 0.0427 e. The third-order valence-electron chi connectivity index (χ3n) is 5.70. The van der Waals surface area contributed by atoms with Crippen LogP contribution in [0.4, 0.5) is 5.69 Å². The van der Waals surface area contributed by atoms with Crippen molar-refractivity contribution in [3.8, 4) is 0 Å². The molecule has 2 aliphatic rings. The minimum Gasteiger partial charge on any atom is -0.366 e. The Labute approximate surface area is 139 Å². The second-order valence-corrected chi connectivity index (χ2v) is 7.08. The third-order valence-corrected chi connectivity index (χ3v) is 5.70. The van der Waals surface area contributed by atoms with Gasteiger partial charge in [0.2, 0.25) is 0 Å². The molecule has 1 spiro atoms. The Bertz CT molecular complexity index is 615. The van der Waals surface area contributed by atoms with Gasteiger partial charge in [-0.15, -0.1) is 0 Å². The predicted molar refractivity (Wildman–Crippen MR) is 96.7 cm³/mol. The number of hydrogen-bond acceptors (Lipinski definition) is 2. The molecule has 2 nitrogen and oxygen atoms in total. The highest BCUT2D eigenvalue weighted by Crippen LogP contribution is 2.41. The van der Waals surface area contributed by atoms with Crippen molar-refractivity contribution in [3.05, 3.63) is 66.2 Å². The van der Waals surface area contributed by atoms with Crippen molar-refractivity contribution in [3.63, 3.8) is 0 Å². The molecule has 0 aliphatic carbocycles. The Morgan fingerprint density at radius 2 is 1.39 bits per heavy atom. The highest BCUT2D eigenvalue weighted by molar-refractivity contribution is 5.50. The number of piperidine rings is 1. The maximum Gasteiger partial charge on any atom is 0.0427 e. The van der Waals surface area contributed by atoms with Crippen LogP contribution in [0.15, 0.2) is 60.7 Å². The second-order valence-electron chi connectivity index (χ2n) is 7.08. The lowest BCUT2D eigenvalue weighted by atomic mass is 9.84. The summed E-state index contributed by atoms with van der Waals surface area (Å²) in [6, 6.07) is 21.9.